The summed E-state index contributed by atoms with van der Waals surface area (Å²) in [5.41, 5.74) is 0.603. The number of nitrogens with one attached hydrogen (secondary N) is 3. The fourth-order valence-corrected chi connectivity index (χ4v) is 2.01. The number of carbonyl (C=O) groups is 1. The summed E-state index contributed by atoms with van der Waals surface area (Å²) in [5.74, 6) is -0.297. The minimum absolute atomic E-state index is 0.206. The van der Waals surface area contributed by atoms with E-state index < -0.39 is 0 Å². The number of hydrogen-bond acceptors (Lipinski definition) is 4. The molecular weight excluding hydrogens is 276 g/mol. The number of amides is 1. The van der Waals surface area contributed by atoms with Gasteiger partial charge in [0.15, 0.2) is 4.77 Å². The molecule has 7 heteroatoms. The Balaban J connectivity index is 2.37. The van der Waals surface area contributed by atoms with E-state index in [0.717, 1.165) is 0 Å². The van der Waals surface area contributed by atoms with Gasteiger partial charge < -0.3 is 10.3 Å². The number of aromatic nitrogens is 2. The molecule has 0 aliphatic carbocycles. The molecule has 1 aromatic carbocycles. The highest BCUT2D eigenvalue weighted by atomic mass is 32.1. The highest BCUT2D eigenvalue weighted by Gasteiger charge is 2.11. The standard InChI is InChI=1S/C13H12N4O2S/c1-7(4-5-14)15-11(18)8-2-3-9-10(6-8)16-13(20)17-12(9)19/h2-3,6-7H,4H2,1H3,(H,15,18)(H2,16,17,19,20). The lowest BCUT2D eigenvalue weighted by molar-refractivity contribution is 0.0941. The predicted molar refractivity (Wildman–Crippen MR) is 76.9 cm³/mol. The Morgan fingerprint density at radius 3 is 2.95 bits per heavy atom. The van der Waals surface area contributed by atoms with E-state index in [0.29, 0.717) is 16.5 Å². The number of fused-ring (bicyclic) bond motifs is 1. The summed E-state index contributed by atoms with van der Waals surface area (Å²) in [6.45, 7) is 1.75. The van der Waals surface area contributed by atoms with Crippen molar-refractivity contribution in [2.45, 2.75) is 19.4 Å². The maximum atomic E-state index is 12.0. The van der Waals surface area contributed by atoms with Gasteiger partial charge in [0.25, 0.3) is 11.5 Å². The summed E-state index contributed by atoms with van der Waals surface area (Å²) in [6.07, 6.45) is 0.238. The van der Waals surface area contributed by atoms with E-state index in [-0.39, 0.29) is 28.7 Å². The van der Waals surface area contributed by atoms with Crippen LogP contribution in [-0.4, -0.2) is 21.9 Å². The molecule has 0 radical (unpaired) electrons. The smallest absolute Gasteiger partial charge is 0.259 e. The molecule has 2 aromatic rings. The third-order valence-electron chi connectivity index (χ3n) is 2.78. The highest BCUT2D eigenvalue weighted by molar-refractivity contribution is 7.71. The van der Waals surface area contributed by atoms with Gasteiger partial charge in [0.2, 0.25) is 0 Å². The van der Waals surface area contributed by atoms with Crippen LogP contribution >= 0.6 is 12.2 Å². The van der Waals surface area contributed by atoms with Gasteiger partial charge in [-0.25, -0.2) is 0 Å². The second-order valence-corrected chi connectivity index (χ2v) is 4.81. The van der Waals surface area contributed by atoms with E-state index in [9.17, 15) is 9.59 Å². The number of H-pyrrole nitrogens is 2. The molecule has 0 spiro atoms. The first kappa shape index (κ1) is 14.0. The molecule has 6 nitrogen and oxygen atoms in total. The van der Waals surface area contributed by atoms with Crippen LogP contribution in [0.4, 0.5) is 0 Å². The van der Waals surface area contributed by atoms with E-state index >= 15 is 0 Å². The summed E-state index contributed by atoms with van der Waals surface area (Å²) in [6, 6.07) is 6.43. The van der Waals surface area contributed by atoms with Crippen molar-refractivity contribution < 1.29 is 4.79 Å². The predicted octanol–water partition coefficient (Wildman–Crippen LogP) is 1.62. The lowest BCUT2D eigenvalue weighted by Gasteiger charge is -2.10. The van der Waals surface area contributed by atoms with Crippen LogP contribution in [0.5, 0.6) is 0 Å². The Hall–Kier alpha value is -2.46. The number of benzene rings is 1. The molecule has 3 N–H and O–H groups in total. The molecule has 0 saturated heterocycles. The third-order valence-corrected chi connectivity index (χ3v) is 2.98. The second kappa shape index (κ2) is 5.67. The summed E-state index contributed by atoms with van der Waals surface area (Å²) < 4.78 is 0.206. The topological polar surface area (TPSA) is 102 Å². The number of nitrogens with zero attached hydrogens (tertiary/aromatic N) is 1. The summed E-state index contributed by atoms with van der Waals surface area (Å²) in [5, 5.41) is 11.7. The van der Waals surface area contributed by atoms with Crippen molar-refractivity contribution in [1.82, 2.24) is 15.3 Å². The Labute approximate surface area is 119 Å². The third kappa shape index (κ3) is 2.92. The molecule has 0 aliphatic heterocycles. The van der Waals surface area contributed by atoms with Gasteiger partial charge in [-0.3, -0.25) is 14.6 Å². The van der Waals surface area contributed by atoms with Crippen LogP contribution in [0.2, 0.25) is 0 Å². The SMILES string of the molecule is CC(CC#N)NC(=O)c1ccc2c(=O)[nH]c(=S)[nH]c2c1. The average Bonchev–Trinajstić information content (AvgIpc) is 2.37. The number of hydrogen-bond donors (Lipinski definition) is 3. The van der Waals surface area contributed by atoms with Crippen LogP contribution in [0.3, 0.4) is 0 Å². The minimum atomic E-state index is -0.298. The number of nitriles is 1. The number of rotatable bonds is 3. The Kier molecular flexibility index (Phi) is 3.96. The molecule has 0 aliphatic rings. The quantitative estimate of drug-likeness (QED) is 0.747. The van der Waals surface area contributed by atoms with Crippen molar-refractivity contribution in [3.05, 3.63) is 38.9 Å². The van der Waals surface area contributed by atoms with Crippen molar-refractivity contribution >= 4 is 29.0 Å². The molecule has 1 heterocycles. The first-order valence-electron chi connectivity index (χ1n) is 5.95. The molecule has 2 rings (SSSR count). The zero-order chi connectivity index (χ0) is 14.7. The number of aromatic amines is 2. The maximum absolute atomic E-state index is 12.0. The first-order valence-corrected chi connectivity index (χ1v) is 6.36. The molecular formula is C13H12N4O2S. The molecule has 1 amide bonds. The van der Waals surface area contributed by atoms with E-state index in [1.807, 2.05) is 6.07 Å². The molecule has 0 saturated carbocycles. The molecule has 1 unspecified atom stereocenters. The van der Waals surface area contributed by atoms with E-state index in [1.54, 1.807) is 25.1 Å². The zero-order valence-corrected chi connectivity index (χ0v) is 11.5. The monoisotopic (exact) mass is 288 g/mol. The van der Waals surface area contributed by atoms with Crippen LogP contribution in [0.15, 0.2) is 23.0 Å². The number of carbonyl (C=O) groups excluding carboxylic acids is 1. The van der Waals surface area contributed by atoms with Gasteiger partial charge in [0.1, 0.15) is 0 Å². The fraction of sp³-hybridized carbons (Fsp3) is 0.231. The van der Waals surface area contributed by atoms with Gasteiger partial charge in [0.05, 0.1) is 23.4 Å². The molecule has 1 atom stereocenters. The van der Waals surface area contributed by atoms with Crippen LogP contribution < -0.4 is 10.9 Å². The van der Waals surface area contributed by atoms with Crippen LogP contribution in [0, 0.1) is 16.1 Å². The van der Waals surface area contributed by atoms with Crippen LogP contribution in [0.25, 0.3) is 10.9 Å². The second-order valence-electron chi connectivity index (χ2n) is 4.41. The van der Waals surface area contributed by atoms with Gasteiger partial charge in [-0.05, 0) is 37.3 Å². The van der Waals surface area contributed by atoms with Gasteiger partial charge in [0, 0.05) is 11.6 Å². The Morgan fingerprint density at radius 2 is 2.25 bits per heavy atom. The minimum Gasteiger partial charge on any atom is -0.349 e. The maximum Gasteiger partial charge on any atom is 0.259 e. The van der Waals surface area contributed by atoms with Crippen molar-refractivity contribution in [3.8, 4) is 6.07 Å². The molecule has 1 aromatic heterocycles. The molecule has 0 bridgehead atoms. The van der Waals surface area contributed by atoms with Gasteiger partial charge in [-0.15, -0.1) is 0 Å². The molecule has 102 valence electrons. The van der Waals surface area contributed by atoms with E-state index in [2.05, 4.69) is 15.3 Å². The van der Waals surface area contributed by atoms with Crippen molar-refractivity contribution in [1.29, 1.82) is 5.26 Å². The highest BCUT2D eigenvalue weighted by Crippen LogP contribution is 2.10. The zero-order valence-electron chi connectivity index (χ0n) is 10.7. The van der Waals surface area contributed by atoms with Crippen molar-refractivity contribution in [3.63, 3.8) is 0 Å². The normalized spacial score (nSPS) is 11.8. The van der Waals surface area contributed by atoms with Crippen LogP contribution in [-0.2, 0) is 0 Å². The van der Waals surface area contributed by atoms with Crippen molar-refractivity contribution in [2.24, 2.45) is 0 Å². The van der Waals surface area contributed by atoms with E-state index in [1.165, 1.54) is 0 Å². The molecule has 0 fully saturated rings. The summed E-state index contributed by atoms with van der Waals surface area (Å²) in [4.78, 5) is 29.0. The Morgan fingerprint density at radius 1 is 1.50 bits per heavy atom. The largest absolute Gasteiger partial charge is 0.349 e. The first-order chi connectivity index (χ1) is 9.51. The summed E-state index contributed by atoms with van der Waals surface area (Å²) in [7, 11) is 0. The average molecular weight is 288 g/mol. The Bertz CT molecular complexity index is 815. The summed E-state index contributed by atoms with van der Waals surface area (Å²) >= 11 is 4.89. The fourth-order valence-electron chi connectivity index (χ4n) is 1.81. The van der Waals surface area contributed by atoms with E-state index in [4.69, 9.17) is 17.5 Å². The lowest BCUT2D eigenvalue weighted by Crippen LogP contribution is -2.32. The lowest BCUT2D eigenvalue weighted by atomic mass is 10.1. The van der Waals surface area contributed by atoms with Crippen molar-refractivity contribution in [2.75, 3.05) is 0 Å². The molecule has 20 heavy (non-hydrogen) atoms. The van der Waals surface area contributed by atoms with Gasteiger partial charge >= 0.3 is 0 Å². The van der Waals surface area contributed by atoms with Gasteiger partial charge in [-0.1, -0.05) is 0 Å². The van der Waals surface area contributed by atoms with Gasteiger partial charge in [-0.2, -0.15) is 5.26 Å². The van der Waals surface area contributed by atoms with Crippen LogP contribution in [0.1, 0.15) is 23.7 Å².